The first-order valence-electron chi connectivity index (χ1n) is 6.76. The van der Waals surface area contributed by atoms with Gasteiger partial charge in [0.05, 0.1) is 32.5 Å². The molecule has 6 heteroatoms. The third-order valence-corrected chi connectivity index (χ3v) is 3.19. The van der Waals surface area contributed by atoms with E-state index in [-0.39, 0.29) is 12.3 Å². The molecular formula is C16H19N3O3. The van der Waals surface area contributed by atoms with Crippen molar-refractivity contribution in [1.82, 2.24) is 4.98 Å². The molecule has 0 aliphatic heterocycles. The number of benzene rings is 1. The number of hydrogen-bond donors (Lipinski definition) is 2. The lowest BCUT2D eigenvalue weighted by atomic mass is 10.1. The molecule has 0 radical (unpaired) electrons. The Bertz CT molecular complexity index is 669. The second kappa shape index (κ2) is 6.80. The van der Waals surface area contributed by atoms with Crippen molar-refractivity contribution in [3.8, 4) is 11.5 Å². The molecule has 1 aromatic heterocycles. The summed E-state index contributed by atoms with van der Waals surface area (Å²) in [7, 11) is 3.12. The maximum absolute atomic E-state index is 12.1. The van der Waals surface area contributed by atoms with Crippen molar-refractivity contribution in [3.63, 3.8) is 0 Å². The lowest BCUT2D eigenvalue weighted by molar-refractivity contribution is -0.115. The van der Waals surface area contributed by atoms with E-state index in [1.54, 1.807) is 32.4 Å². The Morgan fingerprint density at radius 2 is 1.91 bits per heavy atom. The van der Waals surface area contributed by atoms with E-state index in [1.165, 1.54) is 6.20 Å². The molecular weight excluding hydrogens is 282 g/mol. The highest BCUT2D eigenvalue weighted by Gasteiger charge is 2.11. The van der Waals surface area contributed by atoms with Gasteiger partial charge >= 0.3 is 0 Å². The van der Waals surface area contributed by atoms with Gasteiger partial charge in [0.1, 0.15) is 0 Å². The summed E-state index contributed by atoms with van der Waals surface area (Å²) in [6.45, 7) is 1.89. The summed E-state index contributed by atoms with van der Waals surface area (Å²) in [6, 6.07) is 7.01. The van der Waals surface area contributed by atoms with Crippen LogP contribution in [0.15, 0.2) is 30.5 Å². The number of amides is 1. The zero-order valence-electron chi connectivity index (χ0n) is 12.8. The zero-order valence-corrected chi connectivity index (χ0v) is 12.8. The molecule has 1 heterocycles. The number of anilines is 2. The first-order valence-corrected chi connectivity index (χ1v) is 6.76. The van der Waals surface area contributed by atoms with Crippen molar-refractivity contribution in [1.29, 1.82) is 0 Å². The van der Waals surface area contributed by atoms with Gasteiger partial charge in [0.25, 0.3) is 0 Å². The first kappa shape index (κ1) is 15.6. The normalized spacial score (nSPS) is 10.1. The number of nitrogens with two attached hydrogens (primary N) is 1. The van der Waals surface area contributed by atoms with E-state index in [9.17, 15) is 4.79 Å². The Balaban J connectivity index is 2.12. The Labute approximate surface area is 129 Å². The van der Waals surface area contributed by atoms with Crippen molar-refractivity contribution in [2.45, 2.75) is 13.3 Å². The van der Waals surface area contributed by atoms with Crippen molar-refractivity contribution >= 4 is 17.3 Å². The molecule has 0 fully saturated rings. The molecule has 0 saturated carbocycles. The van der Waals surface area contributed by atoms with Crippen LogP contribution in [0.5, 0.6) is 11.5 Å². The Hall–Kier alpha value is -2.76. The van der Waals surface area contributed by atoms with E-state index in [1.807, 2.05) is 13.0 Å². The smallest absolute Gasteiger partial charge is 0.230 e. The molecule has 22 heavy (non-hydrogen) atoms. The van der Waals surface area contributed by atoms with Gasteiger partial charge in [-0.25, -0.2) is 0 Å². The summed E-state index contributed by atoms with van der Waals surface area (Å²) in [5, 5.41) is 2.85. The predicted octanol–water partition coefficient (Wildman–Crippen LogP) is 2.17. The van der Waals surface area contributed by atoms with E-state index < -0.39 is 0 Å². The molecule has 0 aliphatic carbocycles. The van der Waals surface area contributed by atoms with Crippen molar-refractivity contribution in [2.24, 2.45) is 0 Å². The number of hydrogen-bond acceptors (Lipinski definition) is 5. The van der Waals surface area contributed by atoms with Crippen LogP contribution in [0.4, 0.5) is 11.4 Å². The molecule has 0 aliphatic rings. The number of methoxy groups -OCH3 is 2. The first-order chi connectivity index (χ1) is 10.5. The van der Waals surface area contributed by atoms with Gasteiger partial charge in [-0.15, -0.1) is 0 Å². The fraction of sp³-hybridized carbons (Fsp3) is 0.250. The lowest BCUT2D eigenvalue weighted by Crippen LogP contribution is -2.16. The topological polar surface area (TPSA) is 86.5 Å². The van der Waals surface area contributed by atoms with Gasteiger partial charge in [-0.1, -0.05) is 0 Å². The number of pyridine rings is 1. The van der Waals surface area contributed by atoms with Crippen LogP contribution < -0.4 is 20.5 Å². The number of rotatable bonds is 5. The number of aromatic nitrogens is 1. The van der Waals surface area contributed by atoms with Crippen molar-refractivity contribution in [3.05, 3.63) is 41.7 Å². The molecule has 0 atom stereocenters. The van der Waals surface area contributed by atoms with E-state index in [0.717, 1.165) is 5.56 Å². The van der Waals surface area contributed by atoms with E-state index in [0.29, 0.717) is 28.6 Å². The second-order valence-corrected chi connectivity index (χ2v) is 4.83. The van der Waals surface area contributed by atoms with E-state index in [2.05, 4.69) is 10.3 Å². The molecule has 1 amide bonds. The largest absolute Gasteiger partial charge is 0.493 e. The van der Waals surface area contributed by atoms with Gasteiger partial charge in [-0.2, -0.15) is 0 Å². The Morgan fingerprint density at radius 1 is 1.23 bits per heavy atom. The molecule has 116 valence electrons. The van der Waals surface area contributed by atoms with Gasteiger partial charge < -0.3 is 20.5 Å². The summed E-state index contributed by atoms with van der Waals surface area (Å²) in [6.07, 6.45) is 1.71. The molecule has 1 aromatic carbocycles. The Kier molecular flexibility index (Phi) is 4.83. The molecule has 2 aromatic rings. The van der Waals surface area contributed by atoms with Crippen LogP contribution in [0.3, 0.4) is 0 Å². The number of ether oxygens (including phenoxy) is 2. The summed E-state index contributed by atoms with van der Waals surface area (Å²) < 4.78 is 10.5. The monoisotopic (exact) mass is 301 g/mol. The zero-order chi connectivity index (χ0) is 16.1. The van der Waals surface area contributed by atoms with Crippen LogP contribution in [-0.4, -0.2) is 25.1 Å². The average molecular weight is 301 g/mol. The molecule has 0 spiro atoms. The molecule has 3 N–H and O–H groups in total. The fourth-order valence-corrected chi connectivity index (χ4v) is 2.01. The van der Waals surface area contributed by atoms with Gasteiger partial charge in [0.15, 0.2) is 11.5 Å². The van der Waals surface area contributed by atoms with E-state index in [4.69, 9.17) is 15.2 Å². The number of carbonyl (C=O) groups excluding carboxylic acids is 1. The third-order valence-electron chi connectivity index (χ3n) is 3.19. The minimum absolute atomic E-state index is 0.160. The number of nitrogens with one attached hydrogen (secondary N) is 1. The highest BCUT2D eigenvalue weighted by molar-refractivity contribution is 5.93. The molecule has 0 unspecified atom stereocenters. The number of nitrogen functional groups attached to an aromatic ring is 1. The van der Waals surface area contributed by atoms with Gasteiger partial charge in [0, 0.05) is 17.4 Å². The summed E-state index contributed by atoms with van der Waals surface area (Å²) >= 11 is 0. The molecule has 2 rings (SSSR count). The molecule has 6 nitrogen and oxygen atoms in total. The molecule has 0 bridgehead atoms. The lowest BCUT2D eigenvalue weighted by Gasteiger charge is -2.13. The van der Waals surface area contributed by atoms with Crippen LogP contribution in [0.25, 0.3) is 0 Å². The SMILES string of the molecule is COc1cc(C)c(NC(=O)Cc2ccc(N)cn2)cc1OC. The minimum Gasteiger partial charge on any atom is -0.493 e. The highest BCUT2D eigenvalue weighted by atomic mass is 16.5. The molecule has 0 saturated heterocycles. The van der Waals surface area contributed by atoms with Crippen LogP contribution in [0, 0.1) is 6.92 Å². The quantitative estimate of drug-likeness (QED) is 0.884. The average Bonchev–Trinajstić information content (AvgIpc) is 2.51. The predicted molar refractivity (Wildman–Crippen MR) is 85.3 cm³/mol. The van der Waals surface area contributed by atoms with Gasteiger partial charge in [-0.3, -0.25) is 9.78 Å². The van der Waals surface area contributed by atoms with E-state index >= 15 is 0 Å². The van der Waals surface area contributed by atoms with Crippen LogP contribution in [0.2, 0.25) is 0 Å². The summed E-state index contributed by atoms with van der Waals surface area (Å²) in [5.41, 5.74) is 8.36. The Morgan fingerprint density at radius 3 is 2.50 bits per heavy atom. The number of nitrogens with zero attached hydrogens (tertiary/aromatic N) is 1. The maximum atomic E-state index is 12.1. The second-order valence-electron chi connectivity index (χ2n) is 4.83. The summed E-state index contributed by atoms with van der Waals surface area (Å²) in [5.74, 6) is 1.03. The highest BCUT2D eigenvalue weighted by Crippen LogP contribution is 2.32. The fourth-order valence-electron chi connectivity index (χ4n) is 2.01. The van der Waals surface area contributed by atoms with Crippen LogP contribution in [0.1, 0.15) is 11.3 Å². The van der Waals surface area contributed by atoms with Gasteiger partial charge in [0.2, 0.25) is 5.91 Å². The maximum Gasteiger partial charge on any atom is 0.230 e. The van der Waals surface area contributed by atoms with Crippen LogP contribution in [-0.2, 0) is 11.2 Å². The minimum atomic E-state index is -0.160. The van der Waals surface area contributed by atoms with Crippen LogP contribution >= 0.6 is 0 Å². The van der Waals surface area contributed by atoms with Gasteiger partial charge in [-0.05, 0) is 30.7 Å². The standard InChI is InChI=1S/C16H19N3O3/c1-10-6-14(21-2)15(22-3)8-13(10)19-16(20)7-12-5-4-11(17)9-18-12/h4-6,8-9H,7,17H2,1-3H3,(H,19,20). The van der Waals surface area contributed by atoms with Crippen molar-refractivity contribution in [2.75, 3.05) is 25.3 Å². The number of aryl methyl sites for hydroxylation is 1. The van der Waals surface area contributed by atoms with Crippen molar-refractivity contribution < 1.29 is 14.3 Å². The summed E-state index contributed by atoms with van der Waals surface area (Å²) in [4.78, 5) is 16.2. The number of carbonyl (C=O) groups is 1. The third kappa shape index (κ3) is 3.66.